The van der Waals surface area contributed by atoms with Crippen molar-refractivity contribution >= 4 is 40.2 Å². The van der Waals surface area contributed by atoms with Gasteiger partial charge in [-0.15, -0.1) is 0 Å². The van der Waals surface area contributed by atoms with Crippen molar-refractivity contribution in [1.29, 1.82) is 0 Å². The molecule has 0 saturated heterocycles. The van der Waals surface area contributed by atoms with E-state index in [1.807, 2.05) is 0 Å². The Balaban J connectivity index is 1.73. The fraction of sp³-hybridized carbons (Fsp3) is 0.321. The van der Waals surface area contributed by atoms with Crippen LogP contribution in [0.3, 0.4) is 0 Å². The van der Waals surface area contributed by atoms with E-state index in [2.05, 4.69) is 4.99 Å². The predicted octanol–water partition coefficient (Wildman–Crippen LogP) is 4.49. The fourth-order valence-corrected chi connectivity index (χ4v) is 4.95. The number of nitrogens with zero attached hydrogens (tertiary/aromatic N) is 4. The van der Waals surface area contributed by atoms with Crippen molar-refractivity contribution in [3.63, 3.8) is 0 Å². The maximum absolute atomic E-state index is 13.5. The number of fused-ring (bicyclic) bond motifs is 2. The van der Waals surface area contributed by atoms with E-state index in [-0.39, 0.29) is 41.3 Å². The summed E-state index contributed by atoms with van der Waals surface area (Å²) in [5, 5.41) is 0.805. The highest BCUT2D eigenvalue weighted by Crippen LogP contribution is 2.29. The van der Waals surface area contributed by atoms with Gasteiger partial charge in [0, 0.05) is 17.3 Å². The molecule has 1 aromatic carbocycles. The third kappa shape index (κ3) is 5.19. The van der Waals surface area contributed by atoms with Gasteiger partial charge in [-0.3, -0.25) is 14.0 Å². The fourth-order valence-electron chi connectivity index (χ4n) is 4.82. The van der Waals surface area contributed by atoms with Crippen LogP contribution in [-0.2, 0) is 9.53 Å². The molecular weight excluding hydrogens is 508 g/mol. The smallest absolute Gasteiger partial charge is 0.341 e. The molecule has 196 valence electrons. The Morgan fingerprint density at radius 1 is 1.11 bits per heavy atom. The van der Waals surface area contributed by atoms with Crippen molar-refractivity contribution in [2.45, 2.75) is 45.1 Å². The number of pyridine rings is 2. The van der Waals surface area contributed by atoms with Crippen LogP contribution >= 0.6 is 11.6 Å². The van der Waals surface area contributed by atoms with Crippen LogP contribution in [-0.4, -0.2) is 39.0 Å². The highest BCUT2D eigenvalue weighted by molar-refractivity contribution is 6.30. The molecule has 5 rings (SSSR count). The number of ether oxygens (including phenoxy) is 2. The van der Waals surface area contributed by atoms with Gasteiger partial charge in [0.15, 0.2) is 12.1 Å². The molecule has 3 heterocycles. The number of halogens is 1. The van der Waals surface area contributed by atoms with Crippen LogP contribution in [0.2, 0.25) is 5.02 Å². The molecule has 9 nitrogen and oxygen atoms in total. The second-order valence-corrected chi connectivity index (χ2v) is 9.53. The first-order valence-corrected chi connectivity index (χ1v) is 13.0. The van der Waals surface area contributed by atoms with E-state index < -0.39 is 11.9 Å². The predicted molar refractivity (Wildman–Crippen MR) is 143 cm³/mol. The Labute approximate surface area is 223 Å². The van der Waals surface area contributed by atoms with Crippen LogP contribution in [0.25, 0.3) is 16.7 Å². The number of carbonyl (C=O) groups is 2. The van der Waals surface area contributed by atoms with Gasteiger partial charge in [0.25, 0.3) is 11.5 Å². The molecule has 1 aliphatic carbocycles. The van der Waals surface area contributed by atoms with Gasteiger partial charge < -0.3 is 14.0 Å². The van der Waals surface area contributed by atoms with Gasteiger partial charge in [-0.1, -0.05) is 36.9 Å². The maximum Gasteiger partial charge on any atom is 0.341 e. The summed E-state index contributed by atoms with van der Waals surface area (Å²) in [5.74, 6) is -0.794. The van der Waals surface area contributed by atoms with Crippen molar-refractivity contribution in [3.05, 3.63) is 81.2 Å². The minimum absolute atomic E-state index is 0.0412. The van der Waals surface area contributed by atoms with Gasteiger partial charge in [0.05, 0.1) is 12.0 Å². The van der Waals surface area contributed by atoms with E-state index in [0.29, 0.717) is 22.1 Å². The molecule has 1 aliphatic rings. The number of hydrogen-bond donors (Lipinski definition) is 0. The van der Waals surface area contributed by atoms with E-state index in [1.165, 1.54) is 10.5 Å². The molecule has 4 aromatic rings. The molecule has 0 bridgehead atoms. The third-order valence-electron chi connectivity index (χ3n) is 6.58. The Morgan fingerprint density at radius 2 is 1.87 bits per heavy atom. The molecule has 0 N–H and O–H groups in total. The first kappa shape index (κ1) is 25.7. The standard InChI is InChI=1S/C28H27ClN4O5/c1-2-37-28(36)22-16-21-25(30-23-10-6-7-15-32(23)27(21)35)33(19-8-4-3-5-9-19)26(22)31-24(34)17-38-20-13-11-18(29)12-14-20/h6-7,10-16,19H,2-5,8-9,17H2,1H3. The summed E-state index contributed by atoms with van der Waals surface area (Å²) in [6.07, 6.45) is 6.28. The quantitative estimate of drug-likeness (QED) is 0.267. The lowest BCUT2D eigenvalue weighted by atomic mass is 9.94. The Kier molecular flexibility index (Phi) is 7.55. The third-order valence-corrected chi connectivity index (χ3v) is 6.83. The monoisotopic (exact) mass is 534 g/mol. The average molecular weight is 535 g/mol. The summed E-state index contributed by atoms with van der Waals surface area (Å²) < 4.78 is 14.1. The van der Waals surface area contributed by atoms with Crippen LogP contribution in [0.5, 0.6) is 5.75 Å². The van der Waals surface area contributed by atoms with E-state index >= 15 is 0 Å². The molecule has 10 heteroatoms. The average Bonchev–Trinajstić information content (AvgIpc) is 2.93. The minimum Gasteiger partial charge on any atom is -0.484 e. The molecule has 1 fully saturated rings. The summed E-state index contributed by atoms with van der Waals surface area (Å²) in [4.78, 5) is 48.8. The molecule has 0 radical (unpaired) electrons. The number of aromatic nitrogens is 3. The molecule has 0 spiro atoms. The number of rotatable bonds is 6. The van der Waals surface area contributed by atoms with Crippen molar-refractivity contribution < 1.29 is 19.1 Å². The molecule has 3 aromatic heterocycles. The van der Waals surface area contributed by atoms with Crippen LogP contribution in [0.4, 0.5) is 0 Å². The first-order chi connectivity index (χ1) is 18.5. The lowest BCUT2D eigenvalue weighted by Gasteiger charge is -2.27. The van der Waals surface area contributed by atoms with E-state index in [9.17, 15) is 14.4 Å². The van der Waals surface area contributed by atoms with Crippen LogP contribution in [0.15, 0.2) is 64.5 Å². The molecule has 0 atom stereocenters. The number of esters is 1. The first-order valence-electron chi connectivity index (χ1n) is 12.7. The highest BCUT2D eigenvalue weighted by Gasteiger charge is 2.25. The Bertz CT molecular complexity index is 1640. The van der Waals surface area contributed by atoms with E-state index in [1.54, 1.807) is 60.2 Å². The molecular formula is C28H27ClN4O5. The largest absolute Gasteiger partial charge is 0.484 e. The number of benzene rings is 1. The van der Waals surface area contributed by atoms with Gasteiger partial charge in [-0.2, -0.15) is 4.99 Å². The van der Waals surface area contributed by atoms with Crippen molar-refractivity contribution in [2.75, 3.05) is 13.2 Å². The number of amides is 1. The van der Waals surface area contributed by atoms with Crippen LogP contribution in [0, 0.1) is 0 Å². The van der Waals surface area contributed by atoms with E-state index in [4.69, 9.17) is 26.1 Å². The van der Waals surface area contributed by atoms with Crippen molar-refractivity contribution in [3.8, 4) is 5.75 Å². The van der Waals surface area contributed by atoms with Gasteiger partial charge in [-0.25, -0.2) is 9.78 Å². The lowest BCUT2D eigenvalue weighted by molar-refractivity contribution is -0.120. The number of hydrogen-bond acceptors (Lipinski definition) is 6. The van der Waals surface area contributed by atoms with E-state index in [0.717, 1.165) is 32.1 Å². The summed E-state index contributed by atoms with van der Waals surface area (Å²) in [7, 11) is 0. The summed E-state index contributed by atoms with van der Waals surface area (Å²) in [5.41, 5.74) is 0.692. The zero-order valence-electron chi connectivity index (χ0n) is 20.9. The minimum atomic E-state index is -0.665. The molecule has 1 saturated carbocycles. The molecule has 38 heavy (non-hydrogen) atoms. The molecule has 0 aliphatic heterocycles. The van der Waals surface area contributed by atoms with Crippen molar-refractivity contribution in [2.24, 2.45) is 4.99 Å². The van der Waals surface area contributed by atoms with Gasteiger partial charge in [0.2, 0.25) is 0 Å². The van der Waals surface area contributed by atoms with Gasteiger partial charge >= 0.3 is 5.97 Å². The topological polar surface area (TPSA) is 104 Å². The van der Waals surface area contributed by atoms with Gasteiger partial charge in [0.1, 0.15) is 22.6 Å². The van der Waals surface area contributed by atoms with Crippen molar-refractivity contribution in [1.82, 2.24) is 14.0 Å². The Morgan fingerprint density at radius 3 is 2.61 bits per heavy atom. The summed E-state index contributed by atoms with van der Waals surface area (Å²) in [6.45, 7) is 1.47. The Hall–Kier alpha value is -3.98. The SMILES string of the molecule is CCOC(=O)c1cc2c(=O)n3ccccc3nc2n(C2CCCCC2)c1=NC(=O)COc1ccc(Cl)cc1. The molecule has 0 unspecified atom stereocenters. The second-order valence-electron chi connectivity index (χ2n) is 9.10. The highest BCUT2D eigenvalue weighted by atomic mass is 35.5. The molecule has 1 amide bonds. The number of carbonyl (C=O) groups excluding carboxylic acids is 2. The zero-order valence-corrected chi connectivity index (χ0v) is 21.7. The van der Waals surface area contributed by atoms with Crippen LogP contribution < -0.4 is 15.8 Å². The van der Waals surface area contributed by atoms with Crippen LogP contribution in [0.1, 0.15) is 55.4 Å². The zero-order chi connectivity index (χ0) is 26.6. The summed E-state index contributed by atoms with van der Waals surface area (Å²) >= 11 is 5.92. The maximum atomic E-state index is 13.5. The second kappa shape index (κ2) is 11.2. The van der Waals surface area contributed by atoms with Gasteiger partial charge in [-0.05, 0) is 62.2 Å². The normalized spacial score (nSPS) is 14.6. The lowest BCUT2D eigenvalue weighted by Crippen LogP contribution is -2.36. The summed E-state index contributed by atoms with van der Waals surface area (Å²) in [6, 6.07) is 13.3.